The Hall–Kier alpha value is -1.92. The lowest BCUT2D eigenvalue weighted by Gasteiger charge is -2.51. The number of amides is 1. The van der Waals surface area contributed by atoms with Gasteiger partial charge < -0.3 is 10.4 Å². The van der Waals surface area contributed by atoms with Crippen LogP contribution in [0.1, 0.15) is 49.8 Å². The standard InChI is InChI=1S/C17H24FN3O3/c1-12-13(8-18)9-20-21(12)10-14(22)19-11-16-2-5-17(6-3-16,7-4-16)15(23)24/h9H,2-8,10-11H2,1H3,(H,19,22)(H,23,24). The summed E-state index contributed by atoms with van der Waals surface area (Å²) in [7, 11) is 0. The Kier molecular flexibility index (Phi) is 4.36. The van der Waals surface area contributed by atoms with E-state index in [1.807, 2.05) is 0 Å². The molecule has 0 unspecified atom stereocenters. The van der Waals surface area contributed by atoms with E-state index >= 15 is 0 Å². The Morgan fingerprint density at radius 3 is 2.42 bits per heavy atom. The Morgan fingerprint density at radius 2 is 1.92 bits per heavy atom. The highest BCUT2D eigenvalue weighted by Crippen LogP contribution is 2.56. The highest BCUT2D eigenvalue weighted by molar-refractivity contribution is 5.76. The van der Waals surface area contributed by atoms with Crippen LogP contribution < -0.4 is 5.32 Å². The zero-order valence-electron chi connectivity index (χ0n) is 14.0. The predicted molar refractivity (Wildman–Crippen MR) is 85.0 cm³/mol. The third kappa shape index (κ3) is 2.91. The first-order chi connectivity index (χ1) is 11.4. The molecule has 3 fully saturated rings. The van der Waals surface area contributed by atoms with Gasteiger partial charge in [-0.05, 0) is 50.9 Å². The molecule has 1 heterocycles. The number of aromatic nitrogens is 2. The number of carboxylic acids is 1. The molecule has 0 aliphatic heterocycles. The van der Waals surface area contributed by atoms with Crippen molar-refractivity contribution >= 4 is 11.9 Å². The molecule has 3 aliphatic carbocycles. The fourth-order valence-electron chi connectivity index (χ4n) is 4.10. The van der Waals surface area contributed by atoms with Crippen LogP contribution in [0.3, 0.4) is 0 Å². The van der Waals surface area contributed by atoms with Crippen molar-refractivity contribution in [3.63, 3.8) is 0 Å². The van der Waals surface area contributed by atoms with Gasteiger partial charge in [0.05, 0.1) is 11.6 Å². The summed E-state index contributed by atoms with van der Waals surface area (Å²) in [6.45, 7) is 1.84. The van der Waals surface area contributed by atoms with E-state index in [4.69, 9.17) is 0 Å². The number of carbonyl (C=O) groups is 2. The average Bonchev–Trinajstić information content (AvgIpc) is 2.94. The van der Waals surface area contributed by atoms with Crippen molar-refractivity contribution in [2.75, 3.05) is 6.54 Å². The number of hydrogen-bond acceptors (Lipinski definition) is 3. The fraction of sp³-hybridized carbons (Fsp3) is 0.706. The smallest absolute Gasteiger partial charge is 0.309 e. The van der Waals surface area contributed by atoms with Crippen LogP contribution in [0.15, 0.2) is 6.20 Å². The zero-order valence-corrected chi connectivity index (χ0v) is 14.0. The lowest BCUT2D eigenvalue weighted by atomic mass is 9.53. The maximum atomic E-state index is 12.7. The molecule has 7 heteroatoms. The van der Waals surface area contributed by atoms with Crippen LogP contribution in [0.4, 0.5) is 4.39 Å². The number of carbonyl (C=O) groups excluding carboxylic acids is 1. The van der Waals surface area contributed by atoms with Crippen molar-refractivity contribution < 1.29 is 19.1 Å². The molecule has 4 rings (SSSR count). The third-order valence-electron chi connectivity index (χ3n) is 6.16. The van der Waals surface area contributed by atoms with Gasteiger partial charge in [0.1, 0.15) is 13.2 Å². The average molecular weight is 337 g/mol. The van der Waals surface area contributed by atoms with Crippen LogP contribution in [0, 0.1) is 17.8 Å². The maximum Gasteiger partial charge on any atom is 0.309 e. The topological polar surface area (TPSA) is 84.2 Å². The summed E-state index contributed by atoms with van der Waals surface area (Å²) in [6.07, 6.45) is 6.13. The van der Waals surface area contributed by atoms with E-state index in [2.05, 4.69) is 10.4 Å². The predicted octanol–water partition coefficient (Wildman–Crippen LogP) is 2.20. The minimum absolute atomic E-state index is 0.0378. The molecule has 1 aromatic rings. The van der Waals surface area contributed by atoms with Crippen LogP contribution in [-0.2, 0) is 22.8 Å². The normalized spacial score (nSPS) is 28.8. The third-order valence-corrected chi connectivity index (χ3v) is 6.16. The zero-order chi connectivity index (χ0) is 17.4. The molecule has 1 aromatic heterocycles. The molecule has 3 aliphatic rings. The van der Waals surface area contributed by atoms with Crippen LogP contribution in [0.2, 0.25) is 0 Å². The molecule has 1 amide bonds. The van der Waals surface area contributed by atoms with Crippen molar-refractivity contribution in [2.45, 2.75) is 58.7 Å². The number of nitrogens with one attached hydrogen (secondary N) is 1. The molecule has 2 bridgehead atoms. The van der Waals surface area contributed by atoms with Gasteiger partial charge in [-0.2, -0.15) is 5.10 Å². The summed E-state index contributed by atoms with van der Waals surface area (Å²) < 4.78 is 14.2. The maximum absolute atomic E-state index is 12.7. The van der Waals surface area contributed by atoms with Gasteiger partial charge in [0.2, 0.25) is 5.91 Å². The molecule has 6 nitrogen and oxygen atoms in total. The molecular formula is C17H24FN3O3. The van der Waals surface area contributed by atoms with E-state index in [0.29, 0.717) is 37.1 Å². The monoisotopic (exact) mass is 337 g/mol. The van der Waals surface area contributed by atoms with E-state index < -0.39 is 18.1 Å². The molecule has 0 atom stereocenters. The number of nitrogens with zero attached hydrogens (tertiary/aromatic N) is 2. The van der Waals surface area contributed by atoms with Crippen LogP contribution in [-0.4, -0.2) is 33.3 Å². The van der Waals surface area contributed by atoms with E-state index in [-0.39, 0.29) is 17.9 Å². The minimum atomic E-state index is -0.669. The Morgan fingerprint density at radius 1 is 1.29 bits per heavy atom. The Labute approximate surface area is 140 Å². The number of rotatable bonds is 6. The number of hydrogen-bond donors (Lipinski definition) is 2. The van der Waals surface area contributed by atoms with Crippen molar-refractivity contribution in [1.82, 2.24) is 15.1 Å². The second-order valence-electron chi connectivity index (χ2n) is 7.41. The Bertz CT molecular complexity index is 631. The second kappa shape index (κ2) is 6.18. The molecule has 0 aromatic carbocycles. The first-order valence-electron chi connectivity index (χ1n) is 8.47. The largest absolute Gasteiger partial charge is 0.481 e. The summed E-state index contributed by atoms with van der Waals surface area (Å²) >= 11 is 0. The van der Waals surface area contributed by atoms with Crippen molar-refractivity contribution in [1.29, 1.82) is 0 Å². The number of alkyl halides is 1. The lowest BCUT2D eigenvalue weighted by molar-refractivity contribution is -0.159. The van der Waals surface area contributed by atoms with Crippen LogP contribution >= 0.6 is 0 Å². The van der Waals surface area contributed by atoms with Gasteiger partial charge >= 0.3 is 5.97 Å². The Balaban J connectivity index is 1.54. The molecule has 132 valence electrons. The summed E-state index contributed by atoms with van der Waals surface area (Å²) in [6, 6.07) is 0. The molecule has 3 saturated carbocycles. The van der Waals surface area contributed by atoms with Crippen molar-refractivity contribution in [2.24, 2.45) is 10.8 Å². The first kappa shape index (κ1) is 16.9. The lowest BCUT2D eigenvalue weighted by Crippen LogP contribution is -2.50. The van der Waals surface area contributed by atoms with Gasteiger partial charge in [-0.3, -0.25) is 14.3 Å². The van der Waals surface area contributed by atoms with Gasteiger partial charge in [0.15, 0.2) is 0 Å². The number of carboxylic acid groups (broad SMARTS) is 1. The van der Waals surface area contributed by atoms with E-state index in [1.165, 1.54) is 10.9 Å². The van der Waals surface area contributed by atoms with E-state index in [0.717, 1.165) is 19.3 Å². The molecule has 0 radical (unpaired) electrons. The summed E-state index contributed by atoms with van der Waals surface area (Å²) in [4.78, 5) is 23.6. The molecular weight excluding hydrogens is 313 g/mol. The van der Waals surface area contributed by atoms with Crippen molar-refractivity contribution in [3.05, 3.63) is 17.5 Å². The fourth-order valence-corrected chi connectivity index (χ4v) is 4.10. The summed E-state index contributed by atoms with van der Waals surface area (Å²) in [5.74, 6) is -0.806. The highest BCUT2D eigenvalue weighted by atomic mass is 19.1. The first-order valence-corrected chi connectivity index (χ1v) is 8.47. The van der Waals surface area contributed by atoms with Gasteiger partial charge in [0, 0.05) is 17.8 Å². The highest BCUT2D eigenvalue weighted by Gasteiger charge is 2.52. The van der Waals surface area contributed by atoms with Crippen LogP contribution in [0.25, 0.3) is 0 Å². The van der Waals surface area contributed by atoms with Gasteiger partial charge in [0.25, 0.3) is 0 Å². The summed E-state index contributed by atoms with van der Waals surface area (Å²) in [5.41, 5.74) is 0.690. The minimum Gasteiger partial charge on any atom is -0.481 e. The molecule has 2 N–H and O–H groups in total. The number of aliphatic carboxylic acids is 1. The SMILES string of the molecule is Cc1c(CF)cnn1CC(=O)NCC12CCC(C(=O)O)(CC1)CC2. The molecule has 24 heavy (non-hydrogen) atoms. The van der Waals surface area contributed by atoms with Gasteiger partial charge in [-0.1, -0.05) is 0 Å². The van der Waals surface area contributed by atoms with Crippen LogP contribution in [0.5, 0.6) is 0 Å². The van der Waals surface area contributed by atoms with Gasteiger partial charge in [-0.25, -0.2) is 4.39 Å². The quantitative estimate of drug-likeness (QED) is 0.833. The van der Waals surface area contributed by atoms with E-state index in [1.54, 1.807) is 6.92 Å². The van der Waals surface area contributed by atoms with Gasteiger partial charge in [-0.15, -0.1) is 0 Å². The molecule has 0 saturated heterocycles. The summed E-state index contributed by atoms with van der Waals surface area (Å²) in [5, 5.41) is 16.4. The number of fused-ring (bicyclic) bond motifs is 3. The molecule has 0 spiro atoms. The second-order valence-corrected chi connectivity index (χ2v) is 7.41. The van der Waals surface area contributed by atoms with Crippen molar-refractivity contribution in [3.8, 4) is 0 Å². The van der Waals surface area contributed by atoms with E-state index in [9.17, 15) is 19.1 Å². The number of halogens is 1.